The molecule has 0 unspecified atom stereocenters. The van der Waals surface area contributed by atoms with Crippen LogP contribution in [0.25, 0.3) is 0 Å². The predicted octanol–water partition coefficient (Wildman–Crippen LogP) is 2.15. The van der Waals surface area contributed by atoms with Gasteiger partial charge in [0.1, 0.15) is 18.8 Å². The minimum absolute atomic E-state index is 0.681. The predicted molar refractivity (Wildman–Crippen MR) is 49.3 cm³/mol. The molecule has 0 amide bonds. The molecule has 1 aliphatic heterocycles. The highest BCUT2D eigenvalue weighted by atomic mass is 15.0. The smallest absolute Gasteiger partial charge is 0.146 e. The largest absolute Gasteiger partial charge is 0.237 e. The van der Waals surface area contributed by atoms with Crippen molar-refractivity contribution in [3.63, 3.8) is 0 Å². The molecule has 0 aromatic carbocycles. The molecule has 0 N–H and O–H groups in total. The molecule has 1 aliphatic rings. The maximum atomic E-state index is 2.47. The molecule has 0 radical (unpaired) electrons. The lowest BCUT2D eigenvalue weighted by molar-refractivity contribution is -0.566. The SMILES string of the molecule is CC(C)[N+]1=C[C@@H](C)C[C@@H](C)C1. The first-order valence-corrected chi connectivity index (χ1v) is 4.70. The molecule has 0 aromatic heterocycles. The van der Waals surface area contributed by atoms with Gasteiger partial charge < -0.3 is 0 Å². The summed E-state index contributed by atoms with van der Waals surface area (Å²) in [4.78, 5) is 0. The highest BCUT2D eigenvalue weighted by molar-refractivity contribution is 5.55. The van der Waals surface area contributed by atoms with Crippen molar-refractivity contribution in [3.8, 4) is 0 Å². The van der Waals surface area contributed by atoms with Gasteiger partial charge in [-0.05, 0) is 20.3 Å². The fraction of sp³-hybridized carbons (Fsp3) is 0.900. The number of hydrogen-bond acceptors (Lipinski definition) is 0. The lowest BCUT2D eigenvalue weighted by Gasteiger charge is -2.20. The molecule has 1 nitrogen and oxygen atoms in total. The monoisotopic (exact) mass is 154 g/mol. The van der Waals surface area contributed by atoms with E-state index in [1.54, 1.807) is 0 Å². The van der Waals surface area contributed by atoms with E-state index in [1.165, 1.54) is 13.0 Å². The average molecular weight is 154 g/mol. The molecule has 0 saturated heterocycles. The Morgan fingerprint density at radius 3 is 2.45 bits per heavy atom. The molecule has 11 heavy (non-hydrogen) atoms. The van der Waals surface area contributed by atoms with Gasteiger partial charge in [0.25, 0.3) is 0 Å². The van der Waals surface area contributed by atoms with Crippen molar-refractivity contribution in [2.75, 3.05) is 6.54 Å². The third-order valence-electron chi connectivity index (χ3n) is 2.41. The molecule has 2 atom stereocenters. The summed E-state index contributed by atoms with van der Waals surface area (Å²) < 4.78 is 2.47. The third-order valence-corrected chi connectivity index (χ3v) is 2.41. The van der Waals surface area contributed by atoms with Gasteiger partial charge in [0, 0.05) is 11.8 Å². The van der Waals surface area contributed by atoms with Gasteiger partial charge in [0.2, 0.25) is 0 Å². The van der Waals surface area contributed by atoms with Crippen molar-refractivity contribution in [2.45, 2.75) is 40.2 Å². The van der Waals surface area contributed by atoms with Crippen molar-refractivity contribution in [3.05, 3.63) is 0 Å². The van der Waals surface area contributed by atoms with E-state index < -0.39 is 0 Å². The maximum absolute atomic E-state index is 2.47. The van der Waals surface area contributed by atoms with Crippen molar-refractivity contribution >= 4 is 6.21 Å². The van der Waals surface area contributed by atoms with Crippen molar-refractivity contribution < 1.29 is 4.58 Å². The van der Waals surface area contributed by atoms with Crippen LogP contribution in [0.4, 0.5) is 0 Å². The summed E-state index contributed by atoms with van der Waals surface area (Å²) in [6.45, 7) is 10.4. The molecule has 0 saturated carbocycles. The minimum atomic E-state index is 0.681. The quantitative estimate of drug-likeness (QED) is 0.509. The number of hydrogen-bond donors (Lipinski definition) is 0. The van der Waals surface area contributed by atoms with E-state index in [0.717, 1.165) is 11.8 Å². The lowest BCUT2D eigenvalue weighted by Crippen LogP contribution is -2.33. The second-order valence-corrected chi connectivity index (χ2v) is 4.26. The molecule has 0 aromatic rings. The highest BCUT2D eigenvalue weighted by Crippen LogP contribution is 2.15. The van der Waals surface area contributed by atoms with Crippen LogP contribution in [-0.4, -0.2) is 23.4 Å². The fourth-order valence-corrected chi connectivity index (χ4v) is 1.90. The van der Waals surface area contributed by atoms with Gasteiger partial charge in [-0.3, -0.25) is 0 Å². The van der Waals surface area contributed by atoms with Gasteiger partial charge >= 0.3 is 0 Å². The summed E-state index contributed by atoms with van der Waals surface area (Å²) in [7, 11) is 0. The van der Waals surface area contributed by atoms with Crippen LogP contribution in [0.2, 0.25) is 0 Å². The number of nitrogens with zero attached hydrogens (tertiary/aromatic N) is 1. The molecule has 0 spiro atoms. The first kappa shape index (κ1) is 8.76. The van der Waals surface area contributed by atoms with Gasteiger partial charge in [-0.25, -0.2) is 4.58 Å². The summed E-state index contributed by atoms with van der Waals surface area (Å²) in [6, 6.07) is 0.681. The lowest BCUT2D eigenvalue weighted by atomic mass is 9.94. The van der Waals surface area contributed by atoms with Crippen molar-refractivity contribution in [1.29, 1.82) is 0 Å². The topological polar surface area (TPSA) is 3.01 Å². The Bertz CT molecular complexity index is 158. The van der Waals surface area contributed by atoms with Gasteiger partial charge in [-0.1, -0.05) is 13.8 Å². The second-order valence-electron chi connectivity index (χ2n) is 4.26. The second kappa shape index (κ2) is 3.38. The van der Waals surface area contributed by atoms with Crippen molar-refractivity contribution in [2.24, 2.45) is 11.8 Å². The molecule has 1 heterocycles. The summed E-state index contributed by atoms with van der Waals surface area (Å²) in [5, 5.41) is 0. The van der Waals surface area contributed by atoms with E-state index in [0.29, 0.717) is 6.04 Å². The van der Waals surface area contributed by atoms with Crippen LogP contribution in [-0.2, 0) is 0 Å². The Kier molecular flexibility index (Phi) is 2.69. The molecule has 1 rings (SSSR count). The fourth-order valence-electron chi connectivity index (χ4n) is 1.90. The van der Waals surface area contributed by atoms with E-state index in [1.807, 2.05) is 0 Å². The molecule has 0 bridgehead atoms. The van der Waals surface area contributed by atoms with Crippen LogP contribution < -0.4 is 0 Å². The van der Waals surface area contributed by atoms with E-state index in [-0.39, 0.29) is 0 Å². The van der Waals surface area contributed by atoms with E-state index in [2.05, 4.69) is 38.5 Å². The zero-order chi connectivity index (χ0) is 8.43. The molecular weight excluding hydrogens is 134 g/mol. The Hall–Kier alpha value is -0.330. The Morgan fingerprint density at radius 1 is 1.36 bits per heavy atom. The van der Waals surface area contributed by atoms with Crippen LogP contribution in [0, 0.1) is 11.8 Å². The van der Waals surface area contributed by atoms with Crippen LogP contribution in [0.3, 0.4) is 0 Å². The van der Waals surface area contributed by atoms with Crippen LogP contribution in [0.5, 0.6) is 0 Å². The summed E-state index contributed by atoms with van der Waals surface area (Å²) in [5.41, 5.74) is 0. The first-order chi connectivity index (χ1) is 5.09. The third kappa shape index (κ3) is 2.32. The van der Waals surface area contributed by atoms with Crippen LogP contribution in [0.15, 0.2) is 0 Å². The maximum Gasteiger partial charge on any atom is 0.146 e. The van der Waals surface area contributed by atoms with Crippen LogP contribution in [0.1, 0.15) is 34.1 Å². The standard InChI is InChI=1S/C10H20N/c1-8(2)11-6-9(3)5-10(4)7-11/h6,8-10H,5,7H2,1-4H3/q+1/t9-,10+/m0/s1. The van der Waals surface area contributed by atoms with Gasteiger partial charge in [0.15, 0.2) is 0 Å². The molecule has 0 fully saturated rings. The Morgan fingerprint density at radius 2 is 2.00 bits per heavy atom. The van der Waals surface area contributed by atoms with Gasteiger partial charge in [-0.15, -0.1) is 0 Å². The van der Waals surface area contributed by atoms with E-state index >= 15 is 0 Å². The molecular formula is C10H20N+. The normalized spacial score (nSPS) is 32.3. The number of rotatable bonds is 1. The van der Waals surface area contributed by atoms with Gasteiger partial charge in [0.05, 0.1) is 0 Å². The van der Waals surface area contributed by atoms with Crippen molar-refractivity contribution in [1.82, 2.24) is 0 Å². The zero-order valence-corrected chi connectivity index (χ0v) is 8.17. The molecule has 1 heteroatoms. The first-order valence-electron chi connectivity index (χ1n) is 4.70. The zero-order valence-electron chi connectivity index (χ0n) is 8.17. The summed E-state index contributed by atoms with van der Waals surface area (Å²) in [6.07, 6.45) is 3.76. The Labute approximate surface area is 70.1 Å². The van der Waals surface area contributed by atoms with Gasteiger partial charge in [-0.2, -0.15) is 0 Å². The molecule has 0 aliphatic carbocycles. The van der Waals surface area contributed by atoms with E-state index in [4.69, 9.17) is 0 Å². The average Bonchev–Trinajstić information content (AvgIpc) is 1.85. The highest BCUT2D eigenvalue weighted by Gasteiger charge is 2.23. The Balaban J connectivity index is 2.64. The molecule has 64 valence electrons. The van der Waals surface area contributed by atoms with E-state index in [9.17, 15) is 0 Å². The summed E-state index contributed by atoms with van der Waals surface area (Å²) in [5.74, 6) is 1.65. The summed E-state index contributed by atoms with van der Waals surface area (Å²) >= 11 is 0. The van der Waals surface area contributed by atoms with Crippen LogP contribution >= 0.6 is 0 Å². The minimum Gasteiger partial charge on any atom is -0.237 e.